The van der Waals surface area contributed by atoms with Crippen LogP contribution in [-0.2, 0) is 0 Å². The van der Waals surface area contributed by atoms with Crippen LogP contribution in [0.15, 0.2) is 23.8 Å². The third kappa shape index (κ3) is 0.559. The van der Waals surface area contributed by atoms with Crippen molar-refractivity contribution in [3.8, 4) is 0 Å². The molecule has 0 N–H and O–H groups in total. The first-order valence-corrected chi connectivity index (χ1v) is 3.11. The molecule has 0 aliphatic heterocycles. The molecule has 2 aliphatic carbocycles. The highest BCUT2D eigenvalue weighted by atomic mass is 19.4. The van der Waals surface area contributed by atoms with E-state index in [2.05, 4.69) is 0 Å². The molecular weight excluding hydrogens is 160 g/mol. The molecule has 0 spiro atoms. The van der Waals surface area contributed by atoms with Crippen molar-refractivity contribution in [1.82, 2.24) is 0 Å². The van der Waals surface area contributed by atoms with Gasteiger partial charge in [-0.3, -0.25) is 0 Å². The Kier molecular flexibility index (Phi) is 0.949. The second-order valence-corrected chi connectivity index (χ2v) is 2.71. The van der Waals surface area contributed by atoms with Gasteiger partial charge in [0, 0.05) is 0 Å². The molecule has 0 aromatic carbocycles. The Morgan fingerprint density at radius 3 is 2.27 bits per heavy atom. The zero-order valence-corrected chi connectivity index (χ0v) is 5.32. The van der Waals surface area contributed by atoms with Crippen molar-refractivity contribution in [1.29, 1.82) is 0 Å². The molecule has 1 saturated carbocycles. The van der Waals surface area contributed by atoms with Crippen LogP contribution in [0.25, 0.3) is 0 Å². The number of hydrogen-bond donors (Lipinski definition) is 0. The summed E-state index contributed by atoms with van der Waals surface area (Å²) in [4.78, 5) is 0. The van der Waals surface area contributed by atoms with Gasteiger partial charge in [0.15, 0.2) is 0 Å². The molecule has 2 aliphatic rings. The summed E-state index contributed by atoms with van der Waals surface area (Å²) in [5, 5.41) is 0. The number of allylic oxidation sites excluding steroid dienone is 4. The molecule has 0 aromatic heterocycles. The van der Waals surface area contributed by atoms with Gasteiger partial charge in [0.2, 0.25) is 0 Å². The number of hydrogen-bond acceptors (Lipinski definition) is 0. The SMILES string of the molecule is F[C@@H]1C2=CC=C[C@@]21C(F)(F)F. The van der Waals surface area contributed by atoms with Crippen LogP contribution in [0.4, 0.5) is 17.6 Å². The lowest BCUT2D eigenvalue weighted by molar-refractivity contribution is -0.173. The van der Waals surface area contributed by atoms with Crippen LogP contribution < -0.4 is 0 Å². The van der Waals surface area contributed by atoms with Crippen molar-refractivity contribution in [2.75, 3.05) is 0 Å². The molecule has 0 aromatic rings. The van der Waals surface area contributed by atoms with Gasteiger partial charge < -0.3 is 0 Å². The van der Waals surface area contributed by atoms with E-state index >= 15 is 0 Å². The first-order valence-electron chi connectivity index (χ1n) is 3.11. The lowest BCUT2D eigenvalue weighted by Gasteiger charge is -2.12. The summed E-state index contributed by atoms with van der Waals surface area (Å²) in [6.07, 6.45) is -2.97. The minimum absolute atomic E-state index is 0.148. The molecule has 0 radical (unpaired) electrons. The summed E-state index contributed by atoms with van der Waals surface area (Å²) in [5.41, 5.74) is -2.38. The van der Waals surface area contributed by atoms with E-state index in [4.69, 9.17) is 0 Å². The lowest BCUT2D eigenvalue weighted by Crippen LogP contribution is -2.24. The zero-order valence-electron chi connectivity index (χ0n) is 5.32. The van der Waals surface area contributed by atoms with Gasteiger partial charge in [-0.2, -0.15) is 13.2 Å². The molecule has 2 rings (SSSR count). The average Bonchev–Trinajstić information content (AvgIpc) is 2.37. The van der Waals surface area contributed by atoms with Crippen LogP contribution in [0.5, 0.6) is 0 Å². The van der Waals surface area contributed by atoms with Crippen LogP contribution in [0, 0.1) is 5.41 Å². The molecule has 60 valence electrons. The highest BCUT2D eigenvalue weighted by Crippen LogP contribution is 2.66. The predicted octanol–water partition coefficient (Wildman–Crippen LogP) is 2.38. The number of halogens is 4. The standard InChI is InChI=1S/C7H4F4/c8-5-4-2-1-3-6(4,5)7(9,10)11/h1-3,5H/t5-,6-/m1/s1. The third-order valence-corrected chi connectivity index (χ3v) is 2.17. The molecule has 0 saturated heterocycles. The molecule has 0 unspecified atom stereocenters. The van der Waals surface area contributed by atoms with E-state index in [1.54, 1.807) is 0 Å². The largest absolute Gasteiger partial charge is 0.404 e. The van der Waals surface area contributed by atoms with E-state index in [0.29, 0.717) is 0 Å². The van der Waals surface area contributed by atoms with E-state index in [-0.39, 0.29) is 5.57 Å². The van der Waals surface area contributed by atoms with Gasteiger partial charge in [0.05, 0.1) is 0 Å². The Labute approximate surface area is 60.2 Å². The Morgan fingerprint density at radius 2 is 2.00 bits per heavy atom. The fourth-order valence-corrected chi connectivity index (χ4v) is 1.44. The van der Waals surface area contributed by atoms with Crippen LogP contribution in [-0.4, -0.2) is 12.3 Å². The first kappa shape index (κ1) is 6.88. The van der Waals surface area contributed by atoms with Crippen molar-refractivity contribution in [3.05, 3.63) is 23.8 Å². The molecule has 0 nitrogen and oxygen atoms in total. The summed E-state index contributed by atoms with van der Waals surface area (Å²) < 4.78 is 48.8. The molecule has 11 heavy (non-hydrogen) atoms. The van der Waals surface area contributed by atoms with E-state index in [9.17, 15) is 17.6 Å². The highest BCUT2D eigenvalue weighted by molar-refractivity contribution is 5.55. The van der Waals surface area contributed by atoms with Crippen LogP contribution in [0.1, 0.15) is 0 Å². The van der Waals surface area contributed by atoms with Gasteiger partial charge in [-0.1, -0.05) is 18.2 Å². The normalized spacial score (nSPS) is 40.4. The van der Waals surface area contributed by atoms with Crippen LogP contribution >= 0.6 is 0 Å². The summed E-state index contributed by atoms with van der Waals surface area (Å²) in [6, 6.07) is 0. The van der Waals surface area contributed by atoms with Gasteiger partial charge >= 0.3 is 6.18 Å². The minimum Gasteiger partial charge on any atom is -0.241 e. The fourth-order valence-electron chi connectivity index (χ4n) is 1.44. The smallest absolute Gasteiger partial charge is 0.241 e. The summed E-state index contributed by atoms with van der Waals surface area (Å²) in [5.74, 6) is 0. The lowest BCUT2D eigenvalue weighted by atomic mass is 10.1. The quantitative estimate of drug-likeness (QED) is 0.482. The molecule has 2 atom stereocenters. The fraction of sp³-hybridized carbons (Fsp3) is 0.429. The zero-order chi connectivity index (χ0) is 8.28. The van der Waals surface area contributed by atoms with Gasteiger partial charge in [-0.05, 0) is 5.57 Å². The van der Waals surface area contributed by atoms with Gasteiger partial charge in [0.1, 0.15) is 11.6 Å². The molecule has 4 heteroatoms. The molecule has 0 bridgehead atoms. The number of fused-ring (bicyclic) bond motifs is 1. The van der Waals surface area contributed by atoms with Crippen molar-refractivity contribution in [2.24, 2.45) is 5.41 Å². The minimum atomic E-state index is -4.47. The van der Waals surface area contributed by atoms with Crippen molar-refractivity contribution >= 4 is 0 Å². The highest BCUT2D eigenvalue weighted by Gasteiger charge is 2.75. The molecular formula is C7H4F4. The molecule has 0 heterocycles. The van der Waals surface area contributed by atoms with E-state index < -0.39 is 17.8 Å². The van der Waals surface area contributed by atoms with Crippen molar-refractivity contribution in [3.63, 3.8) is 0 Å². The molecule has 1 fully saturated rings. The summed E-state index contributed by atoms with van der Waals surface area (Å²) in [6.45, 7) is 0. The van der Waals surface area contributed by atoms with Crippen LogP contribution in [0.3, 0.4) is 0 Å². The maximum atomic E-state index is 12.5. The maximum Gasteiger partial charge on any atom is 0.404 e. The Morgan fingerprint density at radius 1 is 1.36 bits per heavy atom. The van der Waals surface area contributed by atoms with Crippen LogP contribution in [0.2, 0.25) is 0 Å². The van der Waals surface area contributed by atoms with Crippen molar-refractivity contribution in [2.45, 2.75) is 12.3 Å². The first-order chi connectivity index (χ1) is 5.00. The maximum absolute atomic E-state index is 12.5. The summed E-state index contributed by atoms with van der Waals surface area (Å²) >= 11 is 0. The van der Waals surface area contributed by atoms with Gasteiger partial charge in [-0.15, -0.1) is 0 Å². The monoisotopic (exact) mass is 164 g/mol. The Bertz CT molecular complexity index is 260. The second kappa shape index (κ2) is 1.52. The van der Waals surface area contributed by atoms with Gasteiger partial charge in [0.25, 0.3) is 0 Å². The van der Waals surface area contributed by atoms with E-state index in [1.807, 2.05) is 0 Å². The predicted molar refractivity (Wildman–Crippen MR) is 30.6 cm³/mol. The summed E-state index contributed by atoms with van der Waals surface area (Å²) in [7, 11) is 0. The average molecular weight is 164 g/mol. The Balaban J connectivity index is 2.41. The topological polar surface area (TPSA) is 0 Å². The number of alkyl halides is 4. The number of rotatable bonds is 0. The second-order valence-electron chi connectivity index (χ2n) is 2.71. The van der Waals surface area contributed by atoms with E-state index in [1.165, 1.54) is 12.2 Å². The van der Waals surface area contributed by atoms with Crippen molar-refractivity contribution < 1.29 is 17.6 Å². The van der Waals surface area contributed by atoms with E-state index in [0.717, 1.165) is 6.08 Å². The van der Waals surface area contributed by atoms with Gasteiger partial charge in [-0.25, -0.2) is 4.39 Å². The Hall–Kier alpha value is -0.800. The third-order valence-electron chi connectivity index (χ3n) is 2.17. The molecule has 0 amide bonds.